The van der Waals surface area contributed by atoms with E-state index in [1.54, 1.807) is 0 Å². The number of carbonyl (C=O) groups is 2. The van der Waals surface area contributed by atoms with Gasteiger partial charge < -0.3 is 34.3 Å². The summed E-state index contributed by atoms with van der Waals surface area (Å²) < 4.78 is 53.8. The minimum atomic E-state index is -4.60. The van der Waals surface area contributed by atoms with Crippen LogP contribution in [0.5, 0.6) is 0 Å². The first-order chi connectivity index (χ1) is 26.0. The second-order valence-electron chi connectivity index (χ2n) is 15.0. The standard InChI is InChI=1S/C41H76O12S/c1-3-5-7-9-11-13-15-16-17-18-20-22-24-26-28-30-37(43)52-34(31-50-36(42)29-27-25-23-21-19-14-12-10-8-6-4-2)32-51-41-40(46)39(45)38(44)35(53-41)33-54(47,48)49/h24,26,34-35,38-41,44-46H,3-23,25,27-33H2,1-2H3,(H,47,48,49)/b26-24+/t34-,35-,38-,39?,40?,41+/m1/s1. The molecule has 12 nitrogen and oxygen atoms in total. The lowest BCUT2D eigenvalue weighted by molar-refractivity contribution is -0.297. The molecule has 0 aromatic heterocycles. The van der Waals surface area contributed by atoms with Crippen LogP contribution in [0.3, 0.4) is 0 Å². The molecule has 13 heteroatoms. The predicted molar refractivity (Wildman–Crippen MR) is 210 cm³/mol. The Hall–Kier alpha value is -1.61. The number of esters is 2. The van der Waals surface area contributed by atoms with Crippen LogP contribution in [-0.4, -0.2) is 96.0 Å². The lowest BCUT2D eigenvalue weighted by Gasteiger charge is -2.40. The van der Waals surface area contributed by atoms with Crippen molar-refractivity contribution < 1.29 is 56.8 Å². The van der Waals surface area contributed by atoms with Crippen molar-refractivity contribution in [1.29, 1.82) is 0 Å². The molecule has 54 heavy (non-hydrogen) atoms. The Labute approximate surface area is 326 Å². The van der Waals surface area contributed by atoms with Gasteiger partial charge >= 0.3 is 11.9 Å². The van der Waals surface area contributed by atoms with Crippen LogP contribution < -0.4 is 0 Å². The minimum Gasteiger partial charge on any atom is -0.462 e. The van der Waals surface area contributed by atoms with Crippen molar-refractivity contribution in [3.8, 4) is 0 Å². The molecule has 1 aliphatic heterocycles. The maximum atomic E-state index is 12.7. The van der Waals surface area contributed by atoms with E-state index in [0.717, 1.165) is 32.1 Å². The number of hydrogen-bond acceptors (Lipinski definition) is 11. The molecule has 0 radical (unpaired) electrons. The lowest BCUT2D eigenvalue weighted by Crippen LogP contribution is -2.60. The molecule has 0 amide bonds. The van der Waals surface area contributed by atoms with Gasteiger partial charge in [-0.05, 0) is 25.7 Å². The van der Waals surface area contributed by atoms with Crippen LogP contribution in [-0.2, 0) is 38.7 Å². The van der Waals surface area contributed by atoms with E-state index in [-0.39, 0.29) is 19.4 Å². The van der Waals surface area contributed by atoms with Gasteiger partial charge in [0.05, 0.1) is 6.61 Å². The number of ether oxygens (including phenoxy) is 4. The molecular weight excluding hydrogens is 717 g/mol. The molecule has 1 saturated heterocycles. The van der Waals surface area contributed by atoms with Gasteiger partial charge in [0.1, 0.15) is 36.8 Å². The van der Waals surface area contributed by atoms with E-state index in [1.807, 2.05) is 6.08 Å². The number of rotatable bonds is 35. The van der Waals surface area contributed by atoms with Gasteiger partial charge in [0.15, 0.2) is 12.4 Å². The second-order valence-corrected chi connectivity index (χ2v) is 16.5. The average molecular weight is 793 g/mol. The van der Waals surface area contributed by atoms with Gasteiger partial charge in [0.2, 0.25) is 0 Å². The Morgan fingerprint density at radius 3 is 1.61 bits per heavy atom. The van der Waals surface area contributed by atoms with Crippen molar-refractivity contribution in [2.24, 2.45) is 0 Å². The molecule has 1 fully saturated rings. The van der Waals surface area contributed by atoms with E-state index in [0.29, 0.717) is 12.8 Å². The van der Waals surface area contributed by atoms with Crippen LogP contribution in [0.25, 0.3) is 0 Å². The van der Waals surface area contributed by atoms with E-state index in [9.17, 15) is 37.9 Å². The van der Waals surface area contributed by atoms with Crippen molar-refractivity contribution >= 4 is 22.1 Å². The Morgan fingerprint density at radius 2 is 1.09 bits per heavy atom. The average Bonchev–Trinajstić information content (AvgIpc) is 3.13. The first kappa shape index (κ1) is 50.4. The Bertz CT molecular complexity index is 1070. The van der Waals surface area contributed by atoms with E-state index in [1.165, 1.54) is 109 Å². The lowest BCUT2D eigenvalue weighted by atomic mass is 10.00. The van der Waals surface area contributed by atoms with Crippen LogP contribution in [0.15, 0.2) is 12.2 Å². The van der Waals surface area contributed by atoms with E-state index >= 15 is 0 Å². The molecule has 1 rings (SSSR count). The van der Waals surface area contributed by atoms with E-state index in [4.69, 9.17) is 18.9 Å². The number of aliphatic hydroxyl groups excluding tert-OH is 3. The van der Waals surface area contributed by atoms with E-state index < -0.39 is 71.2 Å². The fraction of sp³-hybridized carbons (Fsp3) is 0.902. The number of hydrogen-bond donors (Lipinski definition) is 4. The molecule has 4 N–H and O–H groups in total. The summed E-state index contributed by atoms with van der Waals surface area (Å²) in [5, 5.41) is 30.8. The summed E-state index contributed by atoms with van der Waals surface area (Å²) in [4.78, 5) is 25.3. The van der Waals surface area contributed by atoms with Crippen molar-refractivity contribution in [1.82, 2.24) is 0 Å². The van der Waals surface area contributed by atoms with Crippen LogP contribution in [0, 0.1) is 0 Å². The molecule has 318 valence electrons. The fourth-order valence-corrected chi connectivity index (χ4v) is 7.21. The normalized spacial score (nSPS) is 21.0. The zero-order chi connectivity index (χ0) is 39.9. The van der Waals surface area contributed by atoms with Gasteiger partial charge in [-0.3, -0.25) is 14.1 Å². The summed E-state index contributed by atoms with van der Waals surface area (Å²) >= 11 is 0. The third kappa shape index (κ3) is 27.1. The minimum absolute atomic E-state index is 0.0852. The van der Waals surface area contributed by atoms with Crippen LogP contribution in [0.2, 0.25) is 0 Å². The number of allylic oxidation sites excluding steroid dienone is 2. The zero-order valence-corrected chi connectivity index (χ0v) is 34.4. The van der Waals surface area contributed by atoms with E-state index in [2.05, 4.69) is 19.9 Å². The largest absolute Gasteiger partial charge is 0.462 e. The highest BCUT2D eigenvalue weighted by atomic mass is 32.2. The summed E-state index contributed by atoms with van der Waals surface area (Å²) in [7, 11) is -4.60. The van der Waals surface area contributed by atoms with Gasteiger partial charge in [0, 0.05) is 12.8 Å². The quantitative estimate of drug-likeness (QED) is 0.0211. The molecule has 0 saturated carbocycles. The number of aliphatic hydroxyl groups is 3. The summed E-state index contributed by atoms with van der Waals surface area (Å²) in [5.41, 5.74) is 0. The zero-order valence-electron chi connectivity index (χ0n) is 33.6. The smallest absolute Gasteiger partial charge is 0.306 e. The van der Waals surface area contributed by atoms with Crippen molar-refractivity contribution in [2.75, 3.05) is 19.0 Å². The molecule has 1 heterocycles. The molecule has 2 unspecified atom stereocenters. The summed E-state index contributed by atoms with van der Waals surface area (Å²) in [6.45, 7) is 3.71. The van der Waals surface area contributed by atoms with Crippen molar-refractivity contribution in [3.05, 3.63) is 12.2 Å². The fourth-order valence-electron chi connectivity index (χ4n) is 6.52. The second kappa shape index (κ2) is 32.5. The predicted octanol–water partition coefficient (Wildman–Crippen LogP) is 7.89. The maximum Gasteiger partial charge on any atom is 0.306 e. The highest BCUT2D eigenvalue weighted by Gasteiger charge is 2.46. The third-order valence-electron chi connectivity index (χ3n) is 9.86. The molecule has 1 aliphatic rings. The van der Waals surface area contributed by atoms with Gasteiger partial charge in [-0.25, -0.2) is 0 Å². The molecule has 0 aromatic rings. The summed E-state index contributed by atoms with van der Waals surface area (Å²) in [6.07, 6.45) is 22.8. The van der Waals surface area contributed by atoms with Gasteiger partial charge in [-0.2, -0.15) is 8.42 Å². The van der Waals surface area contributed by atoms with Crippen LogP contribution in [0.1, 0.15) is 181 Å². The molecule has 0 spiro atoms. The summed E-state index contributed by atoms with van der Waals surface area (Å²) in [6, 6.07) is 0. The molecule has 0 aliphatic carbocycles. The van der Waals surface area contributed by atoms with Crippen LogP contribution in [0.4, 0.5) is 0 Å². The Balaban J connectivity index is 2.50. The molecule has 0 aromatic carbocycles. The topological polar surface area (TPSA) is 186 Å². The maximum absolute atomic E-state index is 12.7. The first-order valence-electron chi connectivity index (χ1n) is 21.2. The highest BCUT2D eigenvalue weighted by Crippen LogP contribution is 2.24. The van der Waals surface area contributed by atoms with Gasteiger partial charge in [-0.15, -0.1) is 0 Å². The van der Waals surface area contributed by atoms with Crippen molar-refractivity contribution in [2.45, 2.75) is 218 Å². The molecular formula is C41H76O12S. The first-order valence-corrected chi connectivity index (χ1v) is 22.9. The molecule has 0 bridgehead atoms. The third-order valence-corrected chi connectivity index (χ3v) is 10.6. The van der Waals surface area contributed by atoms with Gasteiger partial charge in [0.25, 0.3) is 10.1 Å². The Morgan fingerprint density at radius 1 is 0.611 bits per heavy atom. The van der Waals surface area contributed by atoms with Crippen molar-refractivity contribution in [3.63, 3.8) is 0 Å². The summed E-state index contributed by atoms with van der Waals surface area (Å²) in [5.74, 6) is -2.04. The Kier molecular flexibility index (Phi) is 30.3. The monoisotopic (exact) mass is 793 g/mol. The highest BCUT2D eigenvalue weighted by molar-refractivity contribution is 7.85. The number of unbranched alkanes of at least 4 members (excludes halogenated alkanes) is 21. The van der Waals surface area contributed by atoms with Gasteiger partial charge in [-0.1, -0.05) is 154 Å². The molecule has 6 atom stereocenters. The SMILES string of the molecule is CCCCCCCCCCCCC/C=C/CCC(=O)O[C@H](COC(=O)CCCCCCCCCCCCC)CO[C@H]1O[C@H](CS(=O)(=O)O)[C@@H](O)C(O)C1O. The van der Waals surface area contributed by atoms with Crippen LogP contribution >= 0.6 is 0 Å². The number of carbonyl (C=O) groups excluding carboxylic acids is 2.